The Balaban J connectivity index is 1.68. The number of carbonyl (C=O) groups excluding carboxylic acids is 1. The van der Waals surface area contributed by atoms with Crippen LogP contribution in [0.15, 0.2) is 72.8 Å². The molecule has 0 aliphatic carbocycles. The van der Waals surface area contributed by atoms with Crippen molar-refractivity contribution in [1.29, 1.82) is 5.41 Å². The molecule has 39 heavy (non-hydrogen) atoms. The van der Waals surface area contributed by atoms with Gasteiger partial charge in [-0.1, -0.05) is 30.3 Å². The predicted octanol–water partition coefficient (Wildman–Crippen LogP) is 0.523. The van der Waals surface area contributed by atoms with Crippen molar-refractivity contribution in [3.8, 4) is 5.75 Å². The average Bonchev–Trinajstić information content (AvgIpc) is 2.93. The molecule has 1 aliphatic rings. The van der Waals surface area contributed by atoms with Gasteiger partial charge in [0.2, 0.25) is 6.29 Å². The van der Waals surface area contributed by atoms with Crippen molar-refractivity contribution >= 4 is 28.8 Å². The fourth-order valence-electron chi connectivity index (χ4n) is 4.12. The van der Waals surface area contributed by atoms with Gasteiger partial charge >= 0.3 is 0 Å². The van der Waals surface area contributed by atoms with Crippen LogP contribution in [0.5, 0.6) is 5.75 Å². The van der Waals surface area contributed by atoms with Gasteiger partial charge in [-0.3, -0.25) is 10.2 Å². The molecule has 3 aromatic rings. The van der Waals surface area contributed by atoms with Gasteiger partial charge in [0, 0.05) is 28.2 Å². The van der Waals surface area contributed by atoms with Crippen molar-refractivity contribution in [1.82, 2.24) is 0 Å². The van der Waals surface area contributed by atoms with Crippen LogP contribution >= 0.6 is 0 Å². The van der Waals surface area contributed by atoms with Gasteiger partial charge in [0.25, 0.3) is 5.91 Å². The van der Waals surface area contributed by atoms with Gasteiger partial charge in [-0.05, 0) is 42.5 Å². The molecule has 0 spiro atoms. The minimum Gasteiger partial charge on any atom is -0.462 e. The molecule has 4 rings (SSSR count). The van der Waals surface area contributed by atoms with Gasteiger partial charge in [-0.25, -0.2) is 0 Å². The summed E-state index contributed by atoms with van der Waals surface area (Å²) in [6, 6.07) is 18.7. The van der Waals surface area contributed by atoms with E-state index in [4.69, 9.17) is 26.4 Å². The van der Waals surface area contributed by atoms with E-state index < -0.39 is 49.3 Å². The number of para-hydroxylation sites is 1. The van der Waals surface area contributed by atoms with Gasteiger partial charge in [0.1, 0.15) is 42.0 Å². The number of aliphatic hydroxyl groups is 4. The van der Waals surface area contributed by atoms with Crippen LogP contribution in [0, 0.1) is 5.41 Å². The van der Waals surface area contributed by atoms with Crippen molar-refractivity contribution < 1.29 is 34.7 Å². The van der Waals surface area contributed by atoms with Gasteiger partial charge in [0.15, 0.2) is 0 Å². The number of hydrogen-bond donors (Lipinski definition) is 9. The molecule has 12 heteroatoms. The van der Waals surface area contributed by atoms with Crippen LogP contribution in [-0.2, 0) is 9.53 Å². The Kier molecular flexibility index (Phi) is 8.64. The lowest BCUT2D eigenvalue weighted by Crippen LogP contribution is -2.60. The Morgan fingerprint density at radius 3 is 2.38 bits per heavy atom. The fraction of sp³-hybridized carbons (Fsp3) is 0.259. The molecule has 1 aliphatic heterocycles. The second kappa shape index (κ2) is 12.1. The second-order valence-corrected chi connectivity index (χ2v) is 9.04. The highest BCUT2D eigenvalue weighted by molar-refractivity contribution is 5.99. The van der Waals surface area contributed by atoms with Crippen LogP contribution in [0.25, 0.3) is 0 Å². The number of nitrogen functional groups attached to an aromatic ring is 2. The highest BCUT2D eigenvalue weighted by Crippen LogP contribution is 2.32. The third-order valence-corrected chi connectivity index (χ3v) is 6.25. The number of ether oxygens (including phenoxy) is 2. The monoisotopic (exact) mass is 537 g/mol. The topological polar surface area (TPSA) is 216 Å². The molecule has 0 bridgehead atoms. The molecule has 11 N–H and O–H groups in total. The average molecular weight is 538 g/mol. The smallest absolute Gasteiger partial charge is 0.251 e. The van der Waals surface area contributed by atoms with Crippen LogP contribution in [0.2, 0.25) is 0 Å². The fourth-order valence-corrected chi connectivity index (χ4v) is 4.12. The van der Waals surface area contributed by atoms with Crippen LogP contribution < -0.4 is 26.8 Å². The molecular weight excluding hydrogens is 506 g/mol. The van der Waals surface area contributed by atoms with E-state index in [9.17, 15) is 25.2 Å². The lowest BCUT2D eigenvalue weighted by Gasteiger charge is -2.39. The van der Waals surface area contributed by atoms with E-state index in [0.29, 0.717) is 28.2 Å². The zero-order valence-electron chi connectivity index (χ0n) is 20.8. The number of aliphatic hydroxyl groups excluding tert-OH is 4. The van der Waals surface area contributed by atoms with Crippen molar-refractivity contribution in [2.45, 2.75) is 36.7 Å². The zero-order valence-corrected chi connectivity index (χ0v) is 20.8. The summed E-state index contributed by atoms with van der Waals surface area (Å²) in [5.41, 5.74) is 13.7. The molecule has 12 nitrogen and oxygen atoms in total. The molecule has 3 aromatic carbocycles. The second-order valence-electron chi connectivity index (χ2n) is 9.04. The third-order valence-electron chi connectivity index (χ3n) is 6.25. The van der Waals surface area contributed by atoms with Crippen LogP contribution in [0.3, 0.4) is 0 Å². The maximum Gasteiger partial charge on any atom is 0.251 e. The normalized spacial score (nSPS) is 23.4. The molecule has 206 valence electrons. The first-order valence-electron chi connectivity index (χ1n) is 12.1. The molecule has 1 amide bonds. The van der Waals surface area contributed by atoms with E-state index in [-0.39, 0.29) is 11.6 Å². The molecular formula is C27H31N5O7. The number of carbonyl (C=O) groups is 1. The van der Waals surface area contributed by atoms with Crippen molar-refractivity contribution in [2.75, 3.05) is 23.0 Å². The first kappa shape index (κ1) is 27.8. The van der Waals surface area contributed by atoms with E-state index in [1.165, 1.54) is 0 Å². The molecule has 1 heterocycles. The SMILES string of the molecule is N=C(N)c1cccc(NC(C(=O)Nc2ccc(N)cc2)c2ccccc2OC2OC(CO)C(O)C(O)C2O)c1. The minimum absolute atomic E-state index is 0.134. The van der Waals surface area contributed by atoms with E-state index in [1.54, 1.807) is 72.8 Å². The first-order valence-corrected chi connectivity index (χ1v) is 12.1. The largest absolute Gasteiger partial charge is 0.462 e. The van der Waals surface area contributed by atoms with Crippen LogP contribution in [-0.4, -0.2) is 69.5 Å². The lowest BCUT2D eigenvalue weighted by molar-refractivity contribution is -0.277. The summed E-state index contributed by atoms with van der Waals surface area (Å²) in [6.07, 6.45) is -7.45. The number of amidine groups is 1. The van der Waals surface area contributed by atoms with Crippen LogP contribution in [0.4, 0.5) is 17.1 Å². The lowest BCUT2D eigenvalue weighted by atomic mass is 9.99. The molecule has 0 saturated carbocycles. The predicted molar refractivity (Wildman–Crippen MR) is 144 cm³/mol. The summed E-state index contributed by atoms with van der Waals surface area (Å²) in [6.45, 7) is -0.618. The van der Waals surface area contributed by atoms with E-state index in [2.05, 4.69) is 10.6 Å². The molecule has 6 atom stereocenters. The highest BCUT2D eigenvalue weighted by Gasteiger charge is 2.45. The summed E-state index contributed by atoms with van der Waals surface area (Å²) < 4.78 is 11.4. The van der Waals surface area contributed by atoms with Crippen molar-refractivity contribution in [3.63, 3.8) is 0 Å². The van der Waals surface area contributed by atoms with Gasteiger partial charge in [-0.2, -0.15) is 0 Å². The molecule has 0 aromatic heterocycles. The summed E-state index contributed by atoms with van der Waals surface area (Å²) in [5, 5.41) is 54.0. The number of amides is 1. The van der Waals surface area contributed by atoms with E-state index >= 15 is 0 Å². The van der Waals surface area contributed by atoms with Crippen LogP contribution in [0.1, 0.15) is 17.2 Å². The van der Waals surface area contributed by atoms with Gasteiger partial charge < -0.3 is 52.0 Å². The number of nitrogens with two attached hydrogens (primary N) is 2. The third kappa shape index (κ3) is 6.45. The number of benzene rings is 3. The Bertz CT molecular complexity index is 1300. The molecule has 0 radical (unpaired) electrons. The minimum atomic E-state index is -1.64. The molecule has 1 fully saturated rings. The molecule has 6 unspecified atom stereocenters. The number of anilines is 3. The maximum atomic E-state index is 13.6. The van der Waals surface area contributed by atoms with Crippen molar-refractivity contribution in [2.24, 2.45) is 5.73 Å². The van der Waals surface area contributed by atoms with Gasteiger partial charge in [-0.15, -0.1) is 0 Å². The van der Waals surface area contributed by atoms with E-state index in [1.807, 2.05) is 0 Å². The summed E-state index contributed by atoms with van der Waals surface area (Å²) in [4.78, 5) is 13.6. The highest BCUT2D eigenvalue weighted by atomic mass is 16.7. The number of nitrogens with one attached hydrogen (secondary N) is 3. The number of hydrogen-bond acceptors (Lipinski definition) is 10. The Morgan fingerprint density at radius 2 is 1.69 bits per heavy atom. The van der Waals surface area contributed by atoms with Crippen molar-refractivity contribution in [3.05, 3.63) is 83.9 Å². The Morgan fingerprint density at radius 1 is 0.974 bits per heavy atom. The van der Waals surface area contributed by atoms with E-state index in [0.717, 1.165) is 0 Å². The standard InChI is InChI=1S/C27H31N5O7/c28-15-8-10-16(11-9-15)32-26(37)21(31-17-5-3-4-14(12-17)25(29)30)18-6-1-2-7-19(18)38-27-24(36)23(35)22(34)20(13-33)39-27/h1-12,20-24,27,31,33-36H,13,28H2,(H3,29,30)(H,32,37). The zero-order chi connectivity index (χ0) is 28.1. The Hall–Kier alpha value is -4.20. The molecule has 1 saturated heterocycles. The maximum absolute atomic E-state index is 13.6. The first-order chi connectivity index (χ1) is 18.7. The summed E-state index contributed by atoms with van der Waals surface area (Å²) >= 11 is 0. The van der Waals surface area contributed by atoms with Gasteiger partial charge in [0.05, 0.1) is 6.61 Å². The quantitative estimate of drug-likeness (QED) is 0.105. The Labute approximate surface area is 224 Å². The summed E-state index contributed by atoms with van der Waals surface area (Å²) in [7, 11) is 0. The number of rotatable bonds is 9. The summed E-state index contributed by atoms with van der Waals surface area (Å²) in [5.74, 6) is -0.486.